The molecule has 0 saturated carbocycles. The zero-order valence-corrected chi connectivity index (χ0v) is 13.7. The van der Waals surface area contributed by atoms with E-state index in [1.165, 1.54) is 18.2 Å². The lowest BCUT2D eigenvalue weighted by Crippen LogP contribution is -1.98. The number of pyridine rings is 1. The fourth-order valence-electron chi connectivity index (χ4n) is 2.21. The van der Waals surface area contributed by atoms with Gasteiger partial charge in [-0.15, -0.1) is 0 Å². The predicted octanol–water partition coefficient (Wildman–Crippen LogP) is 3.87. The van der Waals surface area contributed by atoms with Crippen LogP contribution in [0.4, 0.5) is 5.69 Å². The van der Waals surface area contributed by atoms with Gasteiger partial charge in [0.15, 0.2) is 17.8 Å². The molecule has 0 saturated heterocycles. The number of non-ortho nitro benzene ring substituents is 1. The van der Waals surface area contributed by atoms with Crippen LogP contribution in [-0.4, -0.2) is 21.9 Å². The fraction of sp³-hybridized carbons (Fsp3) is 0.0556. The molecule has 0 spiro atoms. The molecule has 3 aromatic rings. The number of benzene rings is 1. The topological polar surface area (TPSA) is 108 Å². The standard InChI is InChI=1S/C18H13N3O5/c1-12(13-3-2-6-19-10-13)20-26-17-8-14(7-15(9-17)21(23)24)18-5-4-16(11-22)25-18/h2-11H,1H3. The van der Waals surface area contributed by atoms with Gasteiger partial charge in [0.05, 0.1) is 16.7 Å². The van der Waals surface area contributed by atoms with Crippen LogP contribution in [0.15, 0.2) is 64.4 Å². The van der Waals surface area contributed by atoms with Gasteiger partial charge in [0, 0.05) is 29.6 Å². The van der Waals surface area contributed by atoms with Crippen molar-refractivity contribution in [3.8, 4) is 17.1 Å². The van der Waals surface area contributed by atoms with E-state index in [-0.39, 0.29) is 17.2 Å². The second-order valence-electron chi connectivity index (χ2n) is 5.30. The van der Waals surface area contributed by atoms with Crippen LogP contribution in [-0.2, 0) is 0 Å². The van der Waals surface area contributed by atoms with Crippen LogP contribution in [0.25, 0.3) is 11.3 Å². The van der Waals surface area contributed by atoms with E-state index in [9.17, 15) is 14.9 Å². The molecule has 2 aromatic heterocycles. The van der Waals surface area contributed by atoms with Gasteiger partial charge >= 0.3 is 0 Å². The fourth-order valence-corrected chi connectivity index (χ4v) is 2.21. The van der Waals surface area contributed by atoms with Gasteiger partial charge in [0.25, 0.3) is 5.69 Å². The first-order chi connectivity index (χ1) is 12.6. The van der Waals surface area contributed by atoms with Gasteiger partial charge in [0.1, 0.15) is 5.76 Å². The SMILES string of the molecule is CC(=NOc1cc(-c2ccc(C=O)o2)cc([N+](=O)[O-])c1)c1cccnc1. The zero-order valence-electron chi connectivity index (χ0n) is 13.7. The molecule has 0 N–H and O–H groups in total. The normalized spacial score (nSPS) is 11.2. The van der Waals surface area contributed by atoms with Gasteiger partial charge in [-0.1, -0.05) is 5.16 Å². The Morgan fingerprint density at radius 2 is 2.15 bits per heavy atom. The summed E-state index contributed by atoms with van der Waals surface area (Å²) in [4.78, 5) is 30.7. The molecule has 0 atom stereocenters. The van der Waals surface area contributed by atoms with E-state index in [4.69, 9.17) is 9.25 Å². The van der Waals surface area contributed by atoms with E-state index in [0.29, 0.717) is 23.3 Å². The first-order valence-corrected chi connectivity index (χ1v) is 7.53. The molecule has 0 amide bonds. The molecule has 3 rings (SSSR count). The van der Waals surface area contributed by atoms with E-state index in [2.05, 4.69) is 10.1 Å². The van der Waals surface area contributed by atoms with Crippen molar-refractivity contribution in [3.63, 3.8) is 0 Å². The van der Waals surface area contributed by atoms with Crippen molar-refractivity contribution in [2.45, 2.75) is 6.92 Å². The Morgan fingerprint density at radius 1 is 1.31 bits per heavy atom. The summed E-state index contributed by atoms with van der Waals surface area (Å²) < 4.78 is 5.31. The van der Waals surface area contributed by atoms with E-state index >= 15 is 0 Å². The number of rotatable bonds is 6. The van der Waals surface area contributed by atoms with Crippen LogP contribution >= 0.6 is 0 Å². The van der Waals surface area contributed by atoms with Crippen LogP contribution in [0.1, 0.15) is 23.0 Å². The van der Waals surface area contributed by atoms with Gasteiger partial charge < -0.3 is 9.25 Å². The molecule has 130 valence electrons. The summed E-state index contributed by atoms with van der Waals surface area (Å²) in [6.45, 7) is 1.73. The third-order valence-electron chi connectivity index (χ3n) is 3.50. The number of nitro groups is 1. The second kappa shape index (κ2) is 7.39. The molecular weight excluding hydrogens is 338 g/mol. The number of carbonyl (C=O) groups excluding carboxylic acids is 1. The summed E-state index contributed by atoms with van der Waals surface area (Å²) in [6.07, 6.45) is 3.83. The molecule has 0 fully saturated rings. The number of aldehydes is 1. The molecule has 0 bridgehead atoms. The van der Waals surface area contributed by atoms with E-state index in [0.717, 1.165) is 5.56 Å². The van der Waals surface area contributed by atoms with Gasteiger partial charge in [-0.05, 0) is 37.3 Å². The molecule has 0 aliphatic rings. The third-order valence-corrected chi connectivity index (χ3v) is 3.50. The molecular formula is C18H13N3O5. The highest BCUT2D eigenvalue weighted by Crippen LogP contribution is 2.31. The lowest BCUT2D eigenvalue weighted by molar-refractivity contribution is -0.384. The highest BCUT2D eigenvalue weighted by molar-refractivity contribution is 5.98. The second-order valence-corrected chi connectivity index (χ2v) is 5.30. The number of hydrogen-bond acceptors (Lipinski definition) is 7. The maximum Gasteiger partial charge on any atom is 0.273 e. The minimum absolute atomic E-state index is 0.124. The largest absolute Gasteiger partial charge is 0.453 e. The maximum absolute atomic E-state index is 11.2. The van der Waals surface area contributed by atoms with Crippen molar-refractivity contribution < 1.29 is 19.0 Å². The van der Waals surface area contributed by atoms with E-state index < -0.39 is 4.92 Å². The van der Waals surface area contributed by atoms with E-state index in [1.807, 2.05) is 6.07 Å². The first kappa shape index (κ1) is 17.0. The van der Waals surface area contributed by atoms with Crippen LogP contribution < -0.4 is 4.84 Å². The number of furan rings is 1. The quantitative estimate of drug-likeness (QED) is 0.289. The molecule has 0 aliphatic heterocycles. The Balaban J connectivity index is 1.93. The van der Waals surface area contributed by atoms with Crippen molar-refractivity contribution in [3.05, 3.63) is 76.3 Å². The van der Waals surface area contributed by atoms with Gasteiger partial charge in [-0.25, -0.2) is 0 Å². The van der Waals surface area contributed by atoms with Gasteiger partial charge in [-0.3, -0.25) is 19.9 Å². The minimum Gasteiger partial charge on any atom is -0.453 e. The lowest BCUT2D eigenvalue weighted by Gasteiger charge is -2.04. The Kier molecular flexibility index (Phi) is 4.84. The van der Waals surface area contributed by atoms with Crippen molar-refractivity contribution in [2.24, 2.45) is 5.16 Å². The molecule has 1 aromatic carbocycles. The summed E-state index contributed by atoms with van der Waals surface area (Å²) in [6, 6.07) is 10.7. The van der Waals surface area contributed by atoms with Gasteiger partial charge in [-0.2, -0.15) is 0 Å². The number of aromatic nitrogens is 1. The third kappa shape index (κ3) is 3.81. The number of carbonyl (C=O) groups is 1. The Morgan fingerprint density at radius 3 is 2.81 bits per heavy atom. The Labute approximate surface area is 147 Å². The summed E-state index contributed by atoms with van der Waals surface area (Å²) in [5, 5.41) is 15.2. The molecule has 0 aliphatic carbocycles. The number of nitro benzene ring substituents is 1. The minimum atomic E-state index is -0.544. The number of nitrogens with zero attached hydrogens (tertiary/aromatic N) is 3. The summed E-state index contributed by atoms with van der Waals surface area (Å²) in [7, 11) is 0. The summed E-state index contributed by atoms with van der Waals surface area (Å²) in [5.74, 6) is 0.606. The Hall–Kier alpha value is -3.81. The van der Waals surface area contributed by atoms with E-state index in [1.54, 1.807) is 37.5 Å². The molecule has 0 unspecified atom stereocenters. The number of hydrogen-bond donors (Lipinski definition) is 0. The van der Waals surface area contributed by atoms with Gasteiger partial charge in [0.2, 0.25) is 0 Å². The molecule has 26 heavy (non-hydrogen) atoms. The van der Waals surface area contributed by atoms with Crippen molar-refractivity contribution in [2.75, 3.05) is 0 Å². The average molecular weight is 351 g/mol. The zero-order chi connectivity index (χ0) is 18.5. The average Bonchev–Trinajstić information content (AvgIpc) is 3.16. The van der Waals surface area contributed by atoms with Crippen LogP contribution in [0.2, 0.25) is 0 Å². The molecule has 8 nitrogen and oxygen atoms in total. The lowest BCUT2D eigenvalue weighted by atomic mass is 10.1. The Bertz CT molecular complexity index is 980. The van der Waals surface area contributed by atoms with Crippen LogP contribution in [0, 0.1) is 10.1 Å². The molecule has 0 radical (unpaired) electrons. The first-order valence-electron chi connectivity index (χ1n) is 7.53. The highest BCUT2D eigenvalue weighted by atomic mass is 16.6. The summed E-state index contributed by atoms with van der Waals surface area (Å²) >= 11 is 0. The predicted molar refractivity (Wildman–Crippen MR) is 93.3 cm³/mol. The monoisotopic (exact) mass is 351 g/mol. The number of oxime groups is 1. The van der Waals surface area contributed by atoms with Crippen molar-refractivity contribution in [1.29, 1.82) is 0 Å². The van der Waals surface area contributed by atoms with Crippen LogP contribution in [0.3, 0.4) is 0 Å². The smallest absolute Gasteiger partial charge is 0.273 e. The molecule has 8 heteroatoms. The summed E-state index contributed by atoms with van der Waals surface area (Å²) in [5.41, 5.74) is 1.54. The maximum atomic E-state index is 11.2. The highest BCUT2D eigenvalue weighted by Gasteiger charge is 2.14. The van der Waals surface area contributed by atoms with Crippen LogP contribution in [0.5, 0.6) is 5.75 Å². The van der Waals surface area contributed by atoms with Crippen molar-refractivity contribution >= 4 is 17.7 Å². The van der Waals surface area contributed by atoms with Crippen molar-refractivity contribution in [1.82, 2.24) is 4.98 Å². The molecule has 2 heterocycles.